The molecule has 0 aliphatic heterocycles. The van der Waals surface area contributed by atoms with Crippen molar-refractivity contribution >= 4 is 16.6 Å². The van der Waals surface area contributed by atoms with Crippen LogP contribution < -0.4 is 15.0 Å². The molecular weight excluding hydrogens is 314 g/mol. The van der Waals surface area contributed by atoms with Crippen molar-refractivity contribution in [1.82, 2.24) is 9.55 Å². The molecular formula is C16H13N3O5. The largest absolute Gasteiger partial charge is 0.493 e. The maximum Gasteiger partial charge on any atom is 0.271 e. The molecule has 8 heteroatoms. The van der Waals surface area contributed by atoms with Gasteiger partial charge in [-0.1, -0.05) is 6.07 Å². The summed E-state index contributed by atoms with van der Waals surface area (Å²) in [7, 11) is 2.97. The Labute approximate surface area is 136 Å². The molecule has 0 fully saturated rings. The Hall–Kier alpha value is -3.42. The second-order valence-corrected chi connectivity index (χ2v) is 4.92. The molecule has 0 unspecified atom stereocenters. The number of ether oxygens (including phenoxy) is 2. The van der Waals surface area contributed by atoms with Crippen LogP contribution in [0.5, 0.6) is 11.5 Å². The third-order valence-corrected chi connectivity index (χ3v) is 3.58. The van der Waals surface area contributed by atoms with Crippen LogP contribution >= 0.6 is 0 Å². The Morgan fingerprint density at radius 3 is 2.50 bits per heavy atom. The lowest BCUT2D eigenvalue weighted by Crippen LogP contribution is -2.19. The first-order valence-corrected chi connectivity index (χ1v) is 6.93. The summed E-state index contributed by atoms with van der Waals surface area (Å²) in [5.41, 5.74) is 0.339. The van der Waals surface area contributed by atoms with Crippen molar-refractivity contribution < 1.29 is 14.4 Å². The van der Waals surface area contributed by atoms with Crippen LogP contribution in [-0.2, 0) is 0 Å². The van der Waals surface area contributed by atoms with E-state index in [1.807, 2.05) is 0 Å². The van der Waals surface area contributed by atoms with E-state index in [1.54, 1.807) is 12.1 Å². The Morgan fingerprint density at radius 1 is 1.12 bits per heavy atom. The maximum absolute atomic E-state index is 12.7. The number of non-ortho nitro benzene ring substituents is 1. The minimum absolute atomic E-state index is 0.105. The normalized spacial score (nSPS) is 10.6. The number of nitrogens with zero attached hydrogens (tertiary/aromatic N) is 3. The van der Waals surface area contributed by atoms with Gasteiger partial charge >= 0.3 is 0 Å². The van der Waals surface area contributed by atoms with E-state index >= 15 is 0 Å². The average molecular weight is 327 g/mol. The highest BCUT2D eigenvalue weighted by molar-refractivity contribution is 5.82. The number of nitro groups is 1. The summed E-state index contributed by atoms with van der Waals surface area (Å²) in [4.78, 5) is 27.4. The second kappa shape index (κ2) is 5.99. The number of hydrogen-bond donors (Lipinski definition) is 0. The second-order valence-electron chi connectivity index (χ2n) is 4.92. The van der Waals surface area contributed by atoms with Gasteiger partial charge in [0.1, 0.15) is 6.33 Å². The van der Waals surface area contributed by atoms with Gasteiger partial charge in [-0.05, 0) is 12.1 Å². The van der Waals surface area contributed by atoms with E-state index < -0.39 is 4.92 Å². The van der Waals surface area contributed by atoms with E-state index in [4.69, 9.17) is 9.47 Å². The van der Waals surface area contributed by atoms with E-state index in [0.29, 0.717) is 28.1 Å². The van der Waals surface area contributed by atoms with Gasteiger partial charge in [0.25, 0.3) is 11.2 Å². The number of hydrogen-bond acceptors (Lipinski definition) is 6. The lowest BCUT2D eigenvalue weighted by molar-refractivity contribution is -0.384. The molecule has 3 aromatic rings. The van der Waals surface area contributed by atoms with Crippen molar-refractivity contribution in [2.75, 3.05) is 14.2 Å². The highest BCUT2D eigenvalue weighted by atomic mass is 16.6. The summed E-state index contributed by atoms with van der Waals surface area (Å²) in [6.07, 6.45) is 1.33. The van der Waals surface area contributed by atoms with Crippen LogP contribution in [-0.4, -0.2) is 28.7 Å². The minimum Gasteiger partial charge on any atom is -0.493 e. The molecule has 1 heterocycles. The van der Waals surface area contributed by atoms with Crippen LogP contribution in [0.4, 0.5) is 5.69 Å². The fraction of sp³-hybridized carbons (Fsp3) is 0.125. The highest BCUT2D eigenvalue weighted by Crippen LogP contribution is 2.30. The number of benzene rings is 2. The molecule has 0 bridgehead atoms. The van der Waals surface area contributed by atoms with Crippen molar-refractivity contribution in [3.63, 3.8) is 0 Å². The van der Waals surface area contributed by atoms with Gasteiger partial charge in [0.2, 0.25) is 0 Å². The van der Waals surface area contributed by atoms with Crippen molar-refractivity contribution in [3.05, 3.63) is 63.2 Å². The molecule has 122 valence electrons. The van der Waals surface area contributed by atoms with Crippen LogP contribution in [0.2, 0.25) is 0 Å². The van der Waals surface area contributed by atoms with Crippen LogP contribution in [0.1, 0.15) is 0 Å². The zero-order valence-electron chi connectivity index (χ0n) is 12.9. The first-order chi connectivity index (χ1) is 11.5. The van der Waals surface area contributed by atoms with Gasteiger partial charge in [-0.3, -0.25) is 19.5 Å². The van der Waals surface area contributed by atoms with E-state index in [1.165, 1.54) is 49.4 Å². The Kier molecular flexibility index (Phi) is 3.87. The molecule has 0 aliphatic carbocycles. The molecule has 24 heavy (non-hydrogen) atoms. The summed E-state index contributed by atoms with van der Waals surface area (Å²) in [6, 6.07) is 8.93. The number of aromatic nitrogens is 2. The molecule has 0 radical (unpaired) electrons. The summed E-state index contributed by atoms with van der Waals surface area (Å²) < 4.78 is 11.6. The molecule has 0 aliphatic rings. The molecule has 0 saturated carbocycles. The summed E-state index contributed by atoms with van der Waals surface area (Å²) in [5, 5.41) is 11.2. The first-order valence-electron chi connectivity index (χ1n) is 6.93. The number of rotatable bonds is 4. The van der Waals surface area contributed by atoms with Crippen LogP contribution in [0, 0.1) is 10.1 Å². The number of fused-ring (bicyclic) bond motifs is 1. The molecule has 0 amide bonds. The van der Waals surface area contributed by atoms with Gasteiger partial charge < -0.3 is 9.47 Å². The Balaban J connectivity index is 2.24. The van der Waals surface area contributed by atoms with Gasteiger partial charge in [-0.2, -0.15) is 0 Å². The van der Waals surface area contributed by atoms with Crippen molar-refractivity contribution in [3.8, 4) is 17.2 Å². The molecule has 0 spiro atoms. The fourth-order valence-corrected chi connectivity index (χ4v) is 2.39. The topological polar surface area (TPSA) is 96.5 Å². The van der Waals surface area contributed by atoms with Crippen LogP contribution in [0.15, 0.2) is 47.5 Å². The van der Waals surface area contributed by atoms with Crippen LogP contribution in [0.25, 0.3) is 16.6 Å². The molecule has 0 saturated heterocycles. The molecule has 3 rings (SSSR count). The van der Waals surface area contributed by atoms with Gasteiger partial charge in [0.05, 0.1) is 35.7 Å². The summed E-state index contributed by atoms with van der Waals surface area (Å²) in [6.45, 7) is 0. The maximum atomic E-state index is 12.7. The molecule has 8 nitrogen and oxygen atoms in total. The first kappa shape index (κ1) is 15.5. The minimum atomic E-state index is -0.517. The predicted octanol–water partition coefficient (Wildman–Crippen LogP) is 2.31. The van der Waals surface area contributed by atoms with Crippen molar-refractivity contribution in [2.45, 2.75) is 0 Å². The Bertz CT molecular complexity index is 997. The predicted molar refractivity (Wildman–Crippen MR) is 87.1 cm³/mol. The van der Waals surface area contributed by atoms with Crippen molar-refractivity contribution in [2.24, 2.45) is 0 Å². The molecule has 0 atom stereocenters. The summed E-state index contributed by atoms with van der Waals surface area (Å²) in [5.74, 6) is 0.866. The van der Waals surface area contributed by atoms with Crippen LogP contribution in [0.3, 0.4) is 0 Å². The number of nitro benzene ring substituents is 1. The lowest BCUT2D eigenvalue weighted by Gasteiger charge is -2.10. The van der Waals surface area contributed by atoms with Gasteiger partial charge in [0, 0.05) is 18.2 Å². The fourth-order valence-electron chi connectivity index (χ4n) is 2.39. The zero-order valence-corrected chi connectivity index (χ0v) is 12.9. The highest BCUT2D eigenvalue weighted by Gasteiger charge is 2.13. The standard InChI is InChI=1S/C16H13N3O5/c1-23-14-7-12-13(8-15(14)24-2)17-9-18(16(12)20)10-4-3-5-11(6-10)19(21)22/h3-9H,1-2H3. The van der Waals surface area contributed by atoms with Gasteiger partial charge in [0.15, 0.2) is 11.5 Å². The van der Waals surface area contributed by atoms with Crippen molar-refractivity contribution in [1.29, 1.82) is 0 Å². The van der Waals surface area contributed by atoms with E-state index in [-0.39, 0.29) is 11.2 Å². The quantitative estimate of drug-likeness (QED) is 0.539. The third kappa shape index (κ3) is 2.54. The van der Waals surface area contributed by atoms with Gasteiger partial charge in [-0.25, -0.2) is 4.98 Å². The molecule has 0 N–H and O–H groups in total. The van der Waals surface area contributed by atoms with E-state index in [0.717, 1.165) is 0 Å². The molecule has 1 aromatic heterocycles. The Morgan fingerprint density at radius 2 is 1.83 bits per heavy atom. The third-order valence-electron chi connectivity index (χ3n) is 3.58. The smallest absolute Gasteiger partial charge is 0.271 e. The van der Waals surface area contributed by atoms with E-state index in [2.05, 4.69) is 4.98 Å². The van der Waals surface area contributed by atoms with E-state index in [9.17, 15) is 14.9 Å². The average Bonchev–Trinajstić information content (AvgIpc) is 2.61. The molecule has 2 aromatic carbocycles. The monoisotopic (exact) mass is 327 g/mol. The zero-order chi connectivity index (χ0) is 17.3. The van der Waals surface area contributed by atoms with Gasteiger partial charge in [-0.15, -0.1) is 0 Å². The SMILES string of the molecule is COc1cc2ncn(-c3cccc([N+](=O)[O-])c3)c(=O)c2cc1OC. The number of methoxy groups -OCH3 is 2. The lowest BCUT2D eigenvalue weighted by atomic mass is 10.2. The summed E-state index contributed by atoms with van der Waals surface area (Å²) >= 11 is 0.